The number of rotatable bonds is 3. The van der Waals surface area contributed by atoms with Crippen LogP contribution in [0.1, 0.15) is 11.1 Å². The van der Waals surface area contributed by atoms with Crippen molar-refractivity contribution in [2.24, 2.45) is 0 Å². The Labute approximate surface area is 172 Å². The molecule has 2 aromatic carbocycles. The van der Waals surface area contributed by atoms with E-state index in [0.717, 1.165) is 29.6 Å². The number of carbonyl (C=O) groups excluding carboxylic acids is 1. The van der Waals surface area contributed by atoms with Gasteiger partial charge in [-0.05, 0) is 43.3 Å². The Bertz CT molecular complexity index is 885. The van der Waals surface area contributed by atoms with Crippen LogP contribution in [-0.2, 0) is 17.4 Å². The van der Waals surface area contributed by atoms with E-state index >= 15 is 0 Å². The van der Waals surface area contributed by atoms with Crippen molar-refractivity contribution in [2.45, 2.75) is 22.7 Å². The first-order valence-corrected chi connectivity index (χ1v) is 10.4. The number of amides is 1. The number of carbonyl (C=O) groups is 1. The van der Waals surface area contributed by atoms with Crippen molar-refractivity contribution in [3.8, 4) is 0 Å². The topological polar surface area (TPSA) is 35.6 Å². The minimum Gasteiger partial charge on any atom is -0.369 e. The van der Waals surface area contributed by atoms with Crippen LogP contribution in [0.15, 0.2) is 47.4 Å². The molecule has 1 atom stereocenters. The lowest BCUT2D eigenvalue weighted by Gasteiger charge is -2.34. The molecule has 0 radical (unpaired) electrons. The zero-order valence-corrected chi connectivity index (χ0v) is 16.8. The average molecular weight is 421 g/mol. The molecular weight excluding hydrogens is 399 g/mol. The van der Waals surface area contributed by atoms with E-state index < -0.39 is 22.9 Å². The number of hydrogen-bond donors (Lipinski definition) is 1. The monoisotopic (exact) mass is 421 g/mol. The van der Waals surface area contributed by atoms with Crippen molar-refractivity contribution in [1.82, 2.24) is 4.90 Å². The Kier molecular flexibility index (Phi) is 5.48. The highest BCUT2D eigenvalue weighted by Gasteiger charge is 2.36. The summed E-state index contributed by atoms with van der Waals surface area (Å²) < 4.78 is 41.2. The quantitative estimate of drug-likeness (QED) is 0.809. The van der Waals surface area contributed by atoms with Crippen LogP contribution in [0.4, 0.5) is 24.5 Å². The second-order valence-corrected chi connectivity index (χ2v) is 8.67. The molecule has 4 rings (SSSR count). The van der Waals surface area contributed by atoms with E-state index in [1.807, 2.05) is 36.2 Å². The predicted octanol–water partition coefficient (Wildman–Crippen LogP) is 4.11. The van der Waals surface area contributed by atoms with Gasteiger partial charge in [0.15, 0.2) is 0 Å². The molecule has 2 aliphatic rings. The standard InChI is InChI=1S/C21H22F3N3OS/c1-26-8-10-27(11-9-26)15-6-7-17(16(13-15)21(22,23)24)25-20(28)19-12-14-4-2-3-5-18(14)29-19/h2-7,13,19H,8-12H2,1H3,(H,25,28). The Morgan fingerprint density at radius 3 is 2.52 bits per heavy atom. The maximum Gasteiger partial charge on any atom is 0.418 e. The highest BCUT2D eigenvalue weighted by atomic mass is 32.2. The number of fused-ring (bicyclic) bond motifs is 1. The van der Waals surface area contributed by atoms with E-state index in [-0.39, 0.29) is 5.69 Å². The van der Waals surface area contributed by atoms with E-state index in [1.54, 1.807) is 6.07 Å². The van der Waals surface area contributed by atoms with E-state index in [4.69, 9.17) is 0 Å². The normalized spacial score (nSPS) is 19.9. The fourth-order valence-corrected chi connectivity index (χ4v) is 4.87. The summed E-state index contributed by atoms with van der Waals surface area (Å²) in [5, 5.41) is 2.10. The summed E-state index contributed by atoms with van der Waals surface area (Å²) >= 11 is 1.40. The number of nitrogens with one attached hydrogen (secondary N) is 1. The van der Waals surface area contributed by atoms with Crippen LogP contribution in [0.3, 0.4) is 0 Å². The SMILES string of the molecule is CN1CCN(c2ccc(NC(=O)C3Cc4ccccc4S3)c(C(F)(F)F)c2)CC1. The van der Waals surface area contributed by atoms with Crippen molar-refractivity contribution in [3.05, 3.63) is 53.6 Å². The molecule has 0 bridgehead atoms. The number of halogens is 3. The molecule has 1 fully saturated rings. The number of likely N-dealkylation sites (N-methyl/N-ethyl adjacent to an activating group) is 1. The molecule has 2 aliphatic heterocycles. The second kappa shape index (κ2) is 7.91. The number of thioether (sulfide) groups is 1. The van der Waals surface area contributed by atoms with Crippen LogP contribution in [0.5, 0.6) is 0 Å². The summed E-state index contributed by atoms with van der Waals surface area (Å²) in [5.74, 6) is -0.399. The van der Waals surface area contributed by atoms with Crippen LogP contribution in [0.2, 0.25) is 0 Å². The zero-order chi connectivity index (χ0) is 20.6. The minimum absolute atomic E-state index is 0.183. The van der Waals surface area contributed by atoms with E-state index in [0.29, 0.717) is 25.2 Å². The Morgan fingerprint density at radius 1 is 1.10 bits per heavy atom. The van der Waals surface area contributed by atoms with Crippen molar-refractivity contribution < 1.29 is 18.0 Å². The lowest BCUT2D eigenvalue weighted by atomic mass is 10.1. The maximum absolute atomic E-state index is 13.7. The molecule has 29 heavy (non-hydrogen) atoms. The number of benzene rings is 2. The fraction of sp³-hybridized carbons (Fsp3) is 0.381. The molecule has 0 saturated carbocycles. The maximum atomic E-state index is 13.7. The third kappa shape index (κ3) is 4.38. The van der Waals surface area contributed by atoms with Gasteiger partial charge in [0.25, 0.3) is 0 Å². The summed E-state index contributed by atoms with van der Waals surface area (Å²) in [5.41, 5.74) is 0.602. The van der Waals surface area contributed by atoms with Gasteiger partial charge in [-0.3, -0.25) is 4.79 Å². The number of alkyl halides is 3. The molecular formula is C21H22F3N3OS. The van der Waals surface area contributed by atoms with Gasteiger partial charge >= 0.3 is 6.18 Å². The van der Waals surface area contributed by atoms with Crippen LogP contribution in [0.25, 0.3) is 0 Å². The molecule has 1 saturated heterocycles. The Balaban J connectivity index is 1.53. The van der Waals surface area contributed by atoms with Crippen LogP contribution < -0.4 is 10.2 Å². The fourth-order valence-electron chi connectivity index (χ4n) is 3.68. The number of hydrogen-bond acceptors (Lipinski definition) is 4. The van der Waals surface area contributed by atoms with E-state index in [9.17, 15) is 18.0 Å². The summed E-state index contributed by atoms with van der Waals surface area (Å²) in [7, 11) is 2.00. The first-order chi connectivity index (χ1) is 13.8. The molecule has 0 aliphatic carbocycles. The summed E-state index contributed by atoms with van der Waals surface area (Å²) in [4.78, 5) is 17.8. The molecule has 4 nitrogen and oxygen atoms in total. The van der Waals surface area contributed by atoms with Gasteiger partial charge in [-0.1, -0.05) is 18.2 Å². The van der Waals surface area contributed by atoms with Gasteiger partial charge in [-0.15, -0.1) is 11.8 Å². The van der Waals surface area contributed by atoms with Crippen molar-refractivity contribution in [1.29, 1.82) is 0 Å². The number of nitrogens with zero attached hydrogens (tertiary/aromatic N) is 2. The van der Waals surface area contributed by atoms with E-state index in [1.165, 1.54) is 17.8 Å². The number of anilines is 2. The summed E-state index contributed by atoms with van der Waals surface area (Å²) in [6.45, 7) is 2.96. The van der Waals surface area contributed by atoms with Gasteiger partial charge in [0.2, 0.25) is 5.91 Å². The van der Waals surface area contributed by atoms with Crippen LogP contribution in [-0.4, -0.2) is 49.3 Å². The van der Waals surface area contributed by atoms with Gasteiger partial charge in [0, 0.05) is 36.8 Å². The smallest absolute Gasteiger partial charge is 0.369 e. The van der Waals surface area contributed by atoms with Gasteiger partial charge in [-0.2, -0.15) is 13.2 Å². The van der Waals surface area contributed by atoms with Crippen molar-refractivity contribution in [2.75, 3.05) is 43.4 Å². The highest BCUT2D eigenvalue weighted by Crippen LogP contribution is 2.40. The van der Waals surface area contributed by atoms with Crippen molar-refractivity contribution in [3.63, 3.8) is 0 Å². The lowest BCUT2D eigenvalue weighted by molar-refractivity contribution is -0.136. The third-order valence-electron chi connectivity index (χ3n) is 5.37. The number of piperazine rings is 1. The lowest BCUT2D eigenvalue weighted by Crippen LogP contribution is -2.44. The third-order valence-corrected chi connectivity index (χ3v) is 6.69. The Hall–Kier alpha value is -2.19. The molecule has 1 N–H and O–H groups in total. The summed E-state index contributed by atoms with van der Waals surface area (Å²) in [6, 6.07) is 11.9. The molecule has 2 aromatic rings. The van der Waals surface area contributed by atoms with Crippen molar-refractivity contribution >= 4 is 29.0 Å². The van der Waals surface area contributed by atoms with Crippen LogP contribution in [0, 0.1) is 0 Å². The predicted molar refractivity (Wildman–Crippen MR) is 110 cm³/mol. The van der Waals surface area contributed by atoms with Gasteiger partial charge < -0.3 is 15.1 Å². The Morgan fingerprint density at radius 2 is 1.83 bits per heavy atom. The molecule has 154 valence electrons. The molecule has 0 aromatic heterocycles. The largest absolute Gasteiger partial charge is 0.418 e. The van der Waals surface area contributed by atoms with Gasteiger partial charge in [-0.25, -0.2) is 0 Å². The molecule has 2 heterocycles. The first kappa shape index (κ1) is 20.1. The zero-order valence-electron chi connectivity index (χ0n) is 16.0. The highest BCUT2D eigenvalue weighted by molar-refractivity contribution is 8.01. The van der Waals surface area contributed by atoms with E-state index in [2.05, 4.69) is 10.2 Å². The summed E-state index contributed by atoms with van der Waals surface area (Å²) in [6.07, 6.45) is -4.02. The van der Waals surface area contributed by atoms with Gasteiger partial charge in [0.1, 0.15) is 0 Å². The van der Waals surface area contributed by atoms with Gasteiger partial charge in [0.05, 0.1) is 16.5 Å². The average Bonchev–Trinajstić information content (AvgIpc) is 3.12. The molecule has 8 heteroatoms. The minimum atomic E-state index is -4.54. The molecule has 1 amide bonds. The van der Waals surface area contributed by atoms with Crippen LogP contribution >= 0.6 is 11.8 Å². The first-order valence-electron chi connectivity index (χ1n) is 9.51. The molecule has 1 unspecified atom stereocenters. The molecule has 0 spiro atoms. The second-order valence-electron chi connectivity index (χ2n) is 7.43.